The molecule has 5 nitrogen and oxygen atoms in total. The Bertz CT molecular complexity index is 1140. The Hall–Kier alpha value is -2.82. The van der Waals surface area contributed by atoms with E-state index >= 15 is 0 Å². The summed E-state index contributed by atoms with van der Waals surface area (Å²) in [6.45, 7) is 10.9. The number of carbonyl (C=O) groups excluding carboxylic acids is 1. The zero-order chi connectivity index (χ0) is 21.5. The van der Waals surface area contributed by atoms with E-state index in [9.17, 15) is 4.79 Å². The Morgan fingerprint density at radius 1 is 1.03 bits per heavy atom. The third kappa shape index (κ3) is 3.40. The van der Waals surface area contributed by atoms with Gasteiger partial charge in [0, 0.05) is 43.8 Å². The molecule has 0 saturated carbocycles. The summed E-state index contributed by atoms with van der Waals surface area (Å²) in [7, 11) is 0. The number of benzene rings is 1. The van der Waals surface area contributed by atoms with Gasteiger partial charge in [-0.15, -0.1) is 0 Å². The van der Waals surface area contributed by atoms with Gasteiger partial charge in [-0.3, -0.25) is 4.79 Å². The molecule has 2 aromatic heterocycles. The van der Waals surface area contributed by atoms with Crippen LogP contribution in [0.5, 0.6) is 0 Å². The van der Waals surface area contributed by atoms with Crippen LogP contribution in [-0.4, -0.2) is 40.0 Å². The summed E-state index contributed by atoms with van der Waals surface area (Å²) in [5.74, 6) is 1.05. The molecule has 31 heavy (non-hydrogen) atoms. The van der Waals surface area contributed by atoms with Crippen LogP contribution in [0.3, 0.4) is 0 Å². The van der Waals surface area contributed by atoms with E-state index in [0.29, 0.717) is 5.69 Å². The molecule has 1 amide bonds. The van der Waals surface area contributed by atoms with Crippen molar-refractivity contribution >= 4 is 22.6 Å². The molecule has 5 heteroatoms. The van der Waals surface area contributed by atoms with Gasteiger partial charge in [-0.05, 0) is 69.2 Å². The first kappa shape index (κ1) is 20.1. The Morgan fingerprint density at radius 3 is 2.52 bits per heavy atom. The normalized spacial score (nSPS) is 16.6. The van der Waals surface area contributed by atoms with Crippen molar-refractivity contribution in [2.24, 2.45) is 0 Å². The van der Waals surface area contributed by atoms with Gasteiger partial charge in [0.05, 0.1) is 5.52 Å². The number of likely N-dealkylation sites (tertiary alicyclic amines) is 1. The van der Waals surface area contributed by atoms with Crippen LogP contribution < -0.4 is 4.90 Å². The molecule has 5 rings (SSSR count). The minimum atomic E-state index is 0.0848. The van der Waals surface area contributed by atoms with Gasteiger partial charge in [-0.25, -0.2) is 4.98 Å². The van der Waals surface area contributed by atoms with E-state index in [4.69, 9.17) is 4.98 Å². The van der Waals surface area contributed by atoms with Crippen LogP contribution in [0.2, 0.25) is 0 Å². The lowest BCUT2D eigenvalue weighted by Crippen LogP contribution is -2.37. The number of amides is 1. The molecule has 1 saturated heterocycles. The van der Waals surface area contributed by atoms with Crippen molar-refractivity contribution in [1.82, 2.24) is 14.5 Å². The molecule has 162 valence electrons. The van der Waals surface area contributed by atoms with Crippen LogP contribution in [0.25, 0.3) is 10.9 Å². The number of pyridine rings is 1. The fourth-order valence-electron chi connectivity index (χ4n) is 5.30. The number of fused-ring (bicyclic) bond motifs is 2. The first-order valence-electron chi connectivity index (χ1n) is 11.7. The lowest BCUT2D eigenvalue weighted by atomic mass is 9.99. The van der Waals surface area contributed by atoms with E-state index in [-0.39, 0.29) is 5.91 Å². The molecule has 2 aliphatic heterocycles. The molecule has 3 aromatic rings. The number of rotatable bonds is 3. The maximum absolute atomic E-state index is 13.4. The van der Waals surface area contributed by atoms with E-state index < -0.39 is 0 Å². The highest BCUT2D eigenvalue weighted by molar-refractivity contribution is 6.01. The second kappa shape index (κ2) is 8.03. The minimum Gasteiger partial charge on any atom is -0.350 e. The quantitative estimate of drug-likeness (QED) is 0.612. The molecule has 0 spiro atoms. The average Bonchev–Trinajstić information content (AvgIpc) is 3.07. The van der Waals surface area contributed by atoms with E-state index in [1.165, 1.54) is 39.7 Å². The summed E-state index contributed by atoms with van der Waals surface area (Å²) in [5, 5.41) is 1.17. The maximum atomic E-state index is 13.4. The first-order valence-corrected chi connectivity index (χ1v) is 11.7. The summed E-state index contributed by atoms with van der Waals surface area (Å²) < 4.78 is 2.36. The molecule has 0 unspecified atom stereocenters. The SMILES string of the molecule is CCn1c(C)c(C)c2cc(C(=O)N3CCCCC3)nc(N3CCc4ccccc4C3)c21. The lowest BCUT2D eigenvalue weighted by molar-refractivity contribution is 0.0718. The molecule has 0 bridgehead atoms. The van der Waals surface area contributed by atoms with Gasteiger partial charge in [0.25, 0.3) is 5.91 Å². The van der Waals surface area contributed by atoms with E-state index in [2.05, 4.69) is 54.5 Å². The van der Waals surface area contributed by atoms with Gasteiger partial charge in [-0.2, -0.15) is 0 Å². The molecular formula is C26H32N4O. The predicted molar refractivity (Wildman–Crippen MR) is 126 cm³/mol. The topological polar surface area (TPSA) is 41.4 Å². The Morgan fingerprint density at radius 2 is 1.77 bits per heavy atom. The van der Waals surface area contributed by atoms with E-state index in [0.717, 1.165) is 57.8 Å². The number of aromatic nitrogens is 2. The van der Waals surface area contributed by atoms with Gasteiger partial charge >= 0.3 is 0 Å². The van der Waals surface area contributed by atoms with Crippen LogP contribution in [0, 0.1) is 13.8 Å². The van der Waals surface area contributed by atoms with Crippen LogP contribution in [0.15, 0.2) is 30.3 Å². The summed E-state index contributed by atoms with van der Waals surface area (Å²) in [6.07, 6.45) is 4.41. The third-order valence-corrected chi connectivity index (χ3v) is 7.20. The van der Waals surface area contributed by atoms with Crippen LogP contribution >= 0.6 is 0 Å². The van der Waals surface area contributed by atoms with Gasteiger partial charge in [0.2, 0.25) is 0 Å². The highest BCUT2D eigenvalue weighted by Gasteiger charge is 2.27. The van der Waals surface area contributed by atoms with Crippen LogP contribution in [0.4, 0.5) is 5.82 Å². The predicted octanol–water partition coefficient (Wildman–Crippen LogP) is 4.86. The van der Waals surface area contributed by atoms with E-state index in [1.54, 1.807) is 0 Å². The molecule has 1 fully saturated rings. The molecule has 1 aromatic carbocycles. The molecule has 0 aliphatic carbocycles. The zero-order valence-electron chi connectivity index (χ0n) is 18.9. The smallest absolute Gasteiger partial charge is 0.272 e. The largest absolute Gasteiger partial charge is 0.350 e. The van der Waals surface area contributed by atoms with Crippen LogP contribution in [-0.2, 0) is 19.5 Å². The summed E-state index contributed by atoms with van der Waals surface area (Å²) in [4.78, 5) is 22.8. The summed E-state index contributed by atoms with van der Waals surface area (Å²) >= 11 is 0. The summed E-state index contributed by atoms with van der Waals surface area (Å²) in [6, 6.07) is 10.7. The Balaban J connectivity index is 1.64. The van der Waals surface area contributed by atoms with Crippen molar-refractivity contribution < 1.29 is 4.79 Å². The number of nitrogens with zero attached hydrogens (tertiary/aromatic N) is 4. The van der Waals surface area contributed by atoms with Crippen LogP contribution in [0.1, 0.15) is 59.1 Å². The summed E-state index contributed by atoms with van der Waals surface area (Å²) in [5.41, 5.74) is 7.08. The maximum Gasteiger partial charge on any atom is 0.272 e. The molecular weight excluding hydrogens is 384 g/mol. The highest BCUT2D eigenvalue weighted by atomic mass is 16.2. The van der Waals surface area contributed by atoms with Crippen molar-refractivity contribution in [3.05, 3.63) is 58.4 Å². The standard InChI is InChI=1S/C26H32N4O/c1-4-30-19(3)18(2)22-16-23(26(31)28-13-8-5-9-14-28)27-25(24(22)30)29-15-12-20-10-6-7-11-21(20)17-29/h6-7,10-11,16H,4-5,8-9,12-15,17H2,1-3H3. The third-order valence-electron chi connectivity index (χ3n) is 7.20. The molecule has 2 aliphatic rings. The van der Waals surface area contributed by atoms with Crippen molar-refractivity contribution in [2.75, 3.05) is 24.5 Å². The lowest BCUT2D eigenvalue weighted by Gasteiger charge is -2.31. The zero-order valence-corrected chi connectivity index (χ0v) is 18.9. The number of hydrogen-bond acceptors (Lipinski definition) is 3. The monoisotopic (exact) mass is 416 g/mol. The number of aryl methyl sites for hydroxylation is 2. The Kier molecular flexibility index (Phi) is 5.20. The number of carbonyl (C=O) groups is 1. The van der Waals surface area contributed by atoms with Crippen molar-refractivity contribution in [3.8, 4) is 0 Å². The molecule has 4 heterocycles. The minimum absolute atomic E-state index is 0.0848. The number of anilines is 1. The van der Waals surface area contributed by atoms with E-state index in [1.807, 2.05) is 11.0 Å². The second-order valence-corrected chi connectivity index (χ2v) is 8.98. The Labute approximate surface area is 184 Å². The molecule has 0 radical (unpaired) electrons. The van der Waals surface area contributed by atoms with Gasteiger partial charge in [0.15, 0.2) is 5.82 Å². The number of hydrogen-bond donors (Lipinski definition) is 0. The molecule has 0 N–H and O–H groups in total. The second-order valence-electron chi connectivity index (χ2n) is 8.98. The van der Waals surface area contributed by atoms with Crippen molar-refractivity contribution in [3.63, 3.8) is 0 Å². The van der Waals surface area contributed by atoms with Gasteiger partial charge in [0.1, 0.15) is 5.69 Å². The van der Waals surface area contributed by atoms with Gasteiger partial charge in [-0.1, -0.05) is 24.3 Å². The number of piperidine rings is 1. The molecule has 0 atom stereocenters. The van der Waals surface area contributed by atoms with Crippen molar-refractivity contribution in [1.29, 1.82) is 0 Å². The highest BCUT2D eigenvalue weighted by Crippen LogP contribution is 2.35. The van der Waals surface area contributed by atoms with Gasteiger partial charge < -0.3 is 14.4 Å². The first-order chi connectivity index (χ1) is 15.1. The fraction of sp³-hybridized carbons (Fsp3) is 0.462. The van der Waals surface area contributed by atoms with Crippen molar-refractivity contribution in [2.45, 2.75) is 59.5 Å². The fourth-order valence-corrected chi connectivity index (χ4v) is 5.30. The average molecular weight is 417 g/mol.